The summed E-state index contributed by atoms with van der Waals surface area (Å²) in [6.45, 7) is 0. The third kappa shape index (κ3) is 3.71. The molecule has 5 heteroatoms. The van der Waals surface area contributed by atoms with Crippen molar-refractivity contribution in [1.29, 1.82) is 0 Å². The van der Waals surface area contributed by atoms with Gasteiger partial charge in [0.1, 0.15) is 10.3 Å². The molecule has 0 saturated heterocycles. The van der Waals surface area contributed by atoms with Gasteiger partial charge in [-0.1, -0.05) is 77.8 Å². The number of halogens is 2. The van der Waals surface area contributed by atoms with E-state index in [0.717, 1.165) is 16.8 Å². The Hall–Kier alpha value is -2.88. The van der Waals surface area contributed by atoms with Crippen LogP contribution in [0.2, 0.25) is 10.3 Å². The third-order valence-electron chi connectivity index (χ3n) is 4.89. The van der Waals surface area contributed by atoms with Crippen LogP contribution in [0.5, 0.6) is 0 Å². The summed E-state index contributed by atoms with van der Waals surface area (Å²) in [7, 11) is 3.98. The van der Waals surface area contributed by atoms with Gasteiger partial charge in [-0.3, -0.25) is 4.79 Å². The highest BCUT2D eigenvalue weighted by Crippen LogP contribution is 2.36. The maximum atomic E-state index is 13.5. The molecule has 0 radical (unpaired) electrons. The minimum absolute atomic E-state index is 0.0822. The minimum Gasteiger partial charge on any atom is -0.378 e. The van der Waals surface area contributed by atoms with E-state index in [1.54, 1.807) is 6.07 Å². The van der Waals surface area contributed by atoms with Gasteiger partial charge in [-0.05, 0) is 34.7 Å². The van der Waals surface area contributed by atoms with E-state index >= 15 is 0 Å². The molecule has 0 bridgehead atoms. The second-order valence-electron chi connectivity index (χ2n) is 6.96. The zero-order valence-electron chi connectivity index (χ0n) is 16.0. The molecule has 0 aliphatic heterocycles. The number of carbonyl (C=O) groups is 1. The van der Waals surface area contributed by atoms with Gasteiger partial charge in [0.05, 0.1) is 0 Å². The van der Waals surface area contributed by atoms with Crippen molar-refractivity contribution in [2.75, 3.05) is 19.0 Å². The lowest BCUT2D eigenvalue weighted by atomic mass is 9.90. The Bertz CT molecular complexity index is 1200. The zero-order valence-corrected chi connectivity index (χ0v) is 17.5. The van der Waals surface area contributed by atoms with E-state index in [9.17, 15) is 4.79 Å². The largest absolute Gasteiger partial charge is 0.378 e. The number of carbonyl (C=O) groups excluding carboxylic acids is 1. The summed E-state index contributed by atoms with van der Waals surface area (Å²) in [6, 6.07) is 22.8. The van der Waals surface area contributed by atoms with Crippen LogP contribution in [-0.4, -0.2) is 24.9 Å². The van der Waals surface area contributed by atoms with Crippen LogP contribution in [0.3, 0.4) is 0 Å². The summed E-state index contributed by atoms with van der Waals surface area (Å²) < 4.78 is 0. The highest BCUT2D eigenvalue weighted by Gasteiger charge is 2.20. The Kier molecular flexibility index (Phi) is 5.27. The summed E-state index contributed by atoms with van der Waals surface area (Å²) in [5, 5.41) is 1.93. The van der Waals surface area contributed by atoms with Crippen molar-refractivity contribution in [3.63, 3.8) is 0 Å². The molecule has 0 amide bonds. The van der Waals surface area contributed by atoms with Crippen molar-refractivity contribution in [3.05, 3.63) is 94.2 Å². The highest BCUT2D eigenvalue weighted by atomic mass is 35.5. The monoisotopic (exact) mass is 420 g/mol. The van der Waals surface area contributed by atoms with E-state index in [2.05, 4.69) is 4.98 Å². The highest BCUT2D eigenvalue weighted by molar-refractivity contribution is 6.37. The molecule has 0 aliphatic carbocycles. The molecule has 0 saturated carbocycles. The van der Waals surface area contributed by atoms with Crippen LogP contribution in [0.4, 0.5) is 5.69 Å². The summed E-state index contributed by atoms with van der Waals surface area (Å²) >= 11 is 12.5. The van der Waals surface area contributed by atoms with E-state index in [1.165, 1.54) is 0 Å². The van der Waals surface area contributed by atoms with Gasteiger partial charge >= 0.3 is 0 Å². The predicted molar refractivity (Wildman–Crippen MR) is 121 cm³/mol. The zero-order chi connectivity index (χ0) is 20.5. The van der Waals surface area contributed by atoms with E-state index in [0.29, 0.717) is 21.9 Å². The molecule has 4 aromatic rings. The molecule has 0 aliphatic rings. The molecule has 3 aromatic carbocycles. The predicted octanol–water partition coefficient (Wildman–Crippen LogP) is 6.51. The molecule has 0 spiro atoms. The Morgan fingerprint density at radius 2 is 1.55 bits per heavy atom. The molecular weight excluding hydrogens is 403 g/mol. The van der Waals surface area contributed by atoms with Gasteiger partial charge in [0, 0.05) is 36.3 Å². The number of pyridine rings is 1. The SMILES string of the molecule is CN(C)c1ccc(-c2ccc3c(Cl)nc(Cl)cc3c2C(=O)c2ccccc2)cc1. The first-order chi connectivity index (χ1) is 14.0. The minimum atomic E-state index is -0.0822. The van der Waals surface area contributed by atoms with Gasteiger partial charge in [0.2, 0.25) is 0 Å². The van der Waals surface area contributed by atoms with Crippen molar-refractivity contribution in [2.24, 2.45) is 0 Å². The number of nitrogens with zero attached hydrogens (tertiary/aromatic N) is 2. The molecule has 4 rings (SSSR count). The van der Waals surface area contributed by atoms with Crippen LogP contribution in [0.15, 0.2) is 72.8 Å². The molecule has 3 nitrogen and oxygen atoms in total. The van der Waals surface area contributed by atoms with Gasteiger partial charge < -0.3 is 4.90 Å². The lowest BCUT2D eigenvalue weighted by Crippen LogP contribution is -2.08. The summed E-state index contributed by atoms with van der Waals surface area (Å²) in [5.41, 5.74) is 4.03. The standard InChI is InChI=1S/C24H18Cl2N2O/c1-28(2)17-10-8-15(9-11-17)18-12-13-19-20(14-21(25)27-24(19)26)22(18)23(29)16-6-4-3-5-7-16/h3-14H,1-2H3. The molecule has 0 fully saturated rings. The number of fused-ring (bicyclic) bond motifs is 1. The number of ketones is 1. The van der Waals surface area contributed by atoms with Gasteiger partial charge in [-0.2, -0.15) is 0 Å². The molecule has 0 unspecified atom stereocenters. The second kappa shape index (κ2) is 7.86. The van der Waals surface area contributed by atoms with Crippen LogP contribution < -0.4 is 4.90 Å². The smallest absolute Gasteiger partial charge is 0.194 e. The first-order valence-electron chi connectivity index (χ1n) is 9.12. The quantitative estimate of drug-likeness (QED) is 0.278. The molecule has 1 aromatic heterocycles. The molecular formula is C24H18Cl2N2O. The first kappa shape index (κ1) is 19.4. The Balaban J connectivity index is 2.00. The van der Waals surface area contributed by atoms with E-state index in [4.69, 9.17) is 23.2 Å². The maximum Gasteiger partial charge on any atom is 0.194 e. The fourth-order valence-corrected chi connectivity index (χ4v) is 3.91. The number of rotatable bonds is 4. The number of benzene rings is 3. The molecule has 0 atom stereocenters. The number of anilines is 1. The van der Waals surface area contributed by atoms with Crippen molar-refractivity contribution >= 4 is 45.4 Å². The van der Waals surface area contributed by atoms with E-state index in [-0.39, 0.29) is 16.1 Å². The lowest BCUT2D eigenvalue weighted by Gasteiger charge is -2.16. The first-order valence-corrected chi connectivity index (χ1v) is 9.87. The Morgan fingerprint density at radius 1 is 0.862 bits per heavy atom. The average molecular weight is 421 g/mol. The van der Waals surface area contributed by atoms with Crippen LogP contribution in [0.25, 0.3) is 21.9 Å². The van der Waals surface area contributed by atoms with E-state index < -0.39 is 0 Å². The molecule has 29 heavy (non-hydrogen) atoms. The molecule has 1 heterocycles. The average Bonchev–Trinajstić information content (AvgIpc) is 2.73. The molecule has 144 valence electrons. The van der Waals surface area contributed by atoms with Crippen LogP contribution >= 0.6 is 23.2 Å². The van der Waals surface area contributed by atoms with Crippen molar-refractivity contribution < 1.29 is 4.79 Å². The van der Waals surface area contributed by atoms with Gasteiger partial charge in [0.15, 0.2) is 5.78 Å². The summed E-state index contributed by atoms with van der Waals surface area (Å²) in [6.07, 6.45) is 0. The maximum absolute atomic E-state index is 13.5. The van der Waals surface area contributed by atoms with E-state index in [1.807, 2.05) is 85.7 Å². The number of hydrogen-bond acceptors (Lipinski definition) is 3. The summed E-state index contributed by atoms with van der Waals surface area (Å²) in [4.78, 5) is 19.7. The van der Waals surface area contributed by atoms with Crippen molar-refractivity contribution in [3.8, 4) is 11.1 Å². The number of hydrogen-bond donors (Lipinski definition) is 0. The fourth-order valence-electron chi connectivity index (χ4n) is 3.41. The van der Waals surface area contributed by atoms with Crippen molar-refractivity contribution in [1.82, 2.24) is 4.98 Å². The second-order valence-corrected chi connectivity index (χ2v) is 7.70. The molecule has 0 N–H and O–H groups in total. The van der Waals surface area contributed by atoms with Gasteiger partial charge in [-0.15, -0.1) is 0 Å². The van der Waals surface area contributed by atoms with Crippen LogP contribution in [0.1, 0.15) is 15.9 Å². The lowest BCUT2D eigenvalue weighted by molar-refractivity contribution is 0.104. The Morgan fingerprint density at radius 3 is 2.21 bits per heavy atom. The van der Waals surface area contributed by atoms with Crippen LogP contribution in [-0.2, 0) is 0 Å². The topological polar surface area (TPSA) is 33.2 Å². The van der Waals surface area contributed by atoms with Gasteiger partial charge in [-0.25, -0.2) is 4.98 Å². The number of aromatic nitrogens is 1. The summed E-state index contributed by atoms with van der Waals surface area (Å²) in [5.74, 6) is -0.0822. The van der Waals surface area contributed by atoms with Gasteiger partial charge in [0.25, 0.3) is 0 Å². The Labute approximate surface area is 179 Å². The van der Waals surface area contributed by atoms with Crippen LogP contribution in [0, 0.1) is 0 Å². The fraction of sp³-hybridized carbons (Fsp3) is 0.0833. The third-order valence-corrected chi connectivity index (χ3v) is 5.38. The normalized spacial score (nSPS) is 10.9. The van der Waals surface area contributed by atoms with Crippen molar-refractivity contribution in [2.45, 2.75) is 0 Å².